The number of esters is 1. The Hall–Kier alpha value is -4.79. The minimum Gasteiger partial charge on any atom is -0.463 e. The lowest BCUT2D eigenvalue weighted by molar-refractivity contribution is -0.123. The first-order chi connectivity index (χ1) is 17.0. The molecule has 0 saturated carbocycles. The number of nitrogens with one attached hydrogen (secondary N) is 1. The average molecular weight is 471 g/mol. The molecular formula is C26H18FN3O5. The van der Waals surface area contributed by atoms with Crippen LogP contribution in [0.5, 0.6) is 0 Å². The van der Waals surface area contributed by atoms with Crippen LogP contribution in [0.3, 0.4) is 0 Å². The summed E-state index contributed by atoms with van der Waals surface area (Å²) in [4.78, 5) is 34.4. The summed E-state index contributed by atoms with van der Waals surface area (Å²) < 4.78 is 29.4. The Bertz CT molecular complexity index is 1500. The molecule has 0 aliphatic rings. The van der Waals surface area contributed by atoms with Gasteiger partial charge in [-0.05, 0) is 73.7 Å². The van der Waals surface area contributed by atoms with Crippen LogP contribution in [0.15, 0.2) is 88.1 Å². The Morgan fingerprint density at radius 1 is 0.886 bits per heavy atom. The van der Waals surface area contributed by atoms with E-state index in [4.69, 9.17) is 13.6 Å². The number of benzene rings is 2. The molecule has 0 aliphatic heterocycles. The molecule has 1 N–H and O–H groups in total. The van der Waals surface area contributed by atoms with E-state index in [0.29, 0.717) is 39.6 Å². The predicted molar refractivity (Wildman–Crippen MR) is 125 cm³/mol. The summed E-state index contributed by atoms with van der Waals surface area (Å²) in [6.45, 7) is 1.45. The second-order valence-corrected chi connectivity index (χ2v) is 7.62. The number of carbonyl (C=O) groups excluding carboxylic acids is 2. The van der Waals surface area contributed by atoms with Crippen LogP contribution in [0.2, 0.25) is 0 Å². The van der Waals surface area contributed by atoms with E-state index in [1.165, 1.54) is 43.5 Å². The zero-order valence-electron chi connectivity index (χ0n) is 18.4. The SMILES string of the molecule is CC(OC(=O)c1ccc2nc(-c3ccco3)c(-c3ccco3)nc2c1)C(=O)Nc1ccc(F)cc1. The topological polar surface area (TPSA) is 107 Å². The van der Waals surface area contributed by atoms with Gasteiger partial charge in [-0.25, -0.2) is 19.2 Å². The van der Waals surface area contributed by atoms with Gasteiger partial charge >= 0.3 is 5.97 Å². The van der Waals surface area contributed by atoms with E-state index in [0.717, 1.165) is 0 Å². The van der Waals surface area contributed by atoms with Crippen LogP contribution in [-0.4, -0.2) is 27.9 Å². The molecule has 35 heavy (non-hydrogen) atoms. The van der Waals surface area contributed by atoms with Crippen molar-refractivity contribution in [3.63, 3.8) is 0 Å². The molecule has 0 spiro atoms. The Morgan fingerprint density at radius 3 is 2.11 bits per heavy atom. The third-order valence-corrected chi connectivity index (χ3v) is 5.17. The van der Waals surface area contributed by atoms with Crippen molar-refractivity contribution in [2.45, 2.75) is 13.0 Å². The van der Waals surface area contributed by atoms with Gasteiger partial charge in [-0.3, -0.25) is 4.79 Å². The molecule has 9 heteroatoms. The van der Waals surface area contributed by atoms with Crippen LogP contribution in [0.4, 0.5) is 10.1 Å². The normalized spacial score (nSPS) is 11.8. The highest BCUT2D eigenvalue weighted by atomic mass is 19.1. The fourth-order valence-electron chi connectivity index (χ4n) is 3.41. The molecule has 2 aromatic carbocycles. The number of rotatable bonds is 6. The summed E-state index contributed by atoms with van der Waals surface area (Å²) >= 11 is 0. The summed E-state index contributed by atoms with van der Waals surface area (Å²) in [6.07, 6.45) is 1.98. The number of halogens is 1. The van der Waals surface area contributed by atoms with Crippen LogP contribution in [0.25, 0.3) is 33.9 Å². The number of anilines is 1. The molecule has 1 amide bonds. The van der Waals surface area contributed by atoms with Gasteiger partial charge in [0.2, 0.25) is 0 Å². The molecule has 5 aromatic rings. The fourth-order valence-corrected chi connectivity index (χ4v) is 3.41. The second-order valence-electron chi connectivity index (χ2n) is 7.62. The molecule has 0 saturated heterocycles. The van der Waals surface area contributed by atoms with E-state index in [9.17, 15) is 14.0 Å². The minimum absolute atomic E-state index is 0.198. The van der Waals surface area contributed by atoms with Crippen molar-refractivity contribution in [2.75, 3.05) is 5.32 Å². The Balaban J connectivity index is 1.39. The summed E-state index contributed by atoms with van der Waals surface area (Å²) in [5.41, 5.74) is 2.51. The van der Waals surface area contributed by atoms with Crippen LogP contribution >= 0.6 is 0 Å². The first kappa shape index (κ1) is 22.0. The van der Waals surface area contributed by atoms with Gasteiger partial charge in [0.05, 0.1) is 29.1 Å². The number of ether oxygens (including phenoxy) is 1. The van der Waals surface area contributed by atoms with Gasteiger partial charge in [-0.2, -0.15) is 0 Å². The quantitative estimate of drug-likeness (QED) is 0.327. The monoisotopic (exact) mass is 471 g/mol. The van der Waals surface area contributed by atoms with E-state index in [2.05, 4.69) is 15.3 Å². The highest BCUT2D eigenvalue weighted by molar-refractivity contribution is 5.98. The molecule has 3 aromatic heterocycles. The van der Waals surface area contributed by atoms with Crippen LogP contribution in [0.1, 0.15) is 17.3 Å². The molecule has 0 bridgehead atoms. The number of hydrogen-bond acceptors (Lipinski definition) is 7. The number of carbonyl (C=O) groups is 2. The van der Waals surface area contributed by atoms with Gasteiger partial charge in [0, 0.05) is 5.69 Å². The van der Waals surface area contributed by atoms with Gasteiger partial charge in [0.25, 0.3) is 5.91 Å². The van der Waals surface area contributed by atoms with Crippen LogP contribution < -0.4 is 5.32 Å². The summed E-state index contributed by atoms with van der Waals surface area (Å²) in [6, 6.07) is 17.0. The Labute approximate surface area is 198 Å². The number of aromatic nitrogens is 2. The van der Waals surface area contributed by atoms with Crippen molar-refractivity contribution in [3.05, 3.63) is 90.6 Å². The van der Waals surface area contributed by atoms with Gasteiger partial charge in [0.1, 0.15) is 17.2 Å². The molecule has 0 aliphatic carbocycles. The van der Waals surface area contributed by atoms with Crippen molar-refractivity contribution >= 4 is 28.6 Å². The van der Waals surface area contributed by atoms with Crippen LogP contribution in [-0.2, 0) is 9.53 Å². The second kappa shape index (κ2) is 9.22. The number of amides is 1. The van der Waals surface area contributed by atoms with Gasteiger partial charge in [-0.1, -0.05) is 0 Å². The molecule has 174 valence electrons. The van der Waals surface area contributed by atoms with Crippen molar-refractivity contribution in [2.24, 2.45) is 0 Å². The maximum atomic E-state index is 13.1. The highest BCUT2D eigenvalue weighted by Gasteiger charge is 2.21. The summed E-state index contributed by atoms with van der Waals surface area (Å²) in [7, 11) is 0. The van der Waals surface area contributed by atoms with E-state index < -0.39 is 23.8 Å². The zero-order valence-corrected chi connectivity index (χ0v) is 18.4. The van der Waals surface area contributed by atoms with E-state index in [-0.39, 0.29) is 5.56 Å². The maximum Gasteiger partial charge on any atom is 0.338 e. The van der Waals surface area contributed by atoms with Crippen molar-refractivity contribution in [3.8, 4) is 22.9 Å². The molecule has 1 atom stereocenters. The number of furan rings is 2. The fraction of sp³-hybridized carbons (Fsp3) is 0.0769. The smallest absolute Gasteiger partial charge is 0.338 e. The summed E-state index contributed by atoms with van der Waals surface area (Å²) in [5.74, 6) is -0.660. The van der Waals surface area contributed by atoms with Gasteiger partial charge in [0.15, 0.2) is 17.6 Å². The molecular weight excluding hydrogens is 453 g/mol. The average Bonchev–Trinajstić information content (AvgIpc) is 3.59. The third-order valence-electron chi connectivity index (χ3n) is 5.17. The largest absolute Gasteiger partial charge is 0.463 e. The molecule has 0 fully saturated rings. The molecule has 3 heterocycles. The highest BCUT2D eigenvalue weighted by Crippen LogP contribution is 2.31. The zero-order chi connectivity index (χ0) is 24.4. The Morgan fingerprint density at radius 2 is 1.51 bits per heavy atom. The van der Waals surface area contributed by atoms with Gasteiger partial charge in [-0.15, -0.1) is 0 Å². The lowest BCUT2D eigenvalue weighted by Crippen LogP contribution is -2.30. The lowest BCUT2D eigenvalue weighted by atomic mass is 10.1. The maximum absolute atomic E-state index is 13.1. The first-order valence-corrected chi connectivity index (χ1v) is 10.6. The van der Waals surface area contributed by atoms with E-state index >= 15 is 0 Å². The van der Waals surface area contributed by atoms with Crippen molar-refractivity contribution in [1.82, 2.24) is 9.97 Å². The Kier molecular flexibility index (Phi) is 5.80. The van der Waals surface area contributed by atoms with E-state index in [1.807, 2.05) is 0 Å². The number of nitrogens with zero attached hydrogens (tertiary/aromatic N) is 2. The molecule has 8 nitrogen and oxygen atoms in total. The molecule has 0 radical (unpaired) electrons. The standard InChI is InChI=1S/C26H18FN3O5/c1-15(25(31)28-18-9-7-17(27)8-10-18)35-26(32)16-6-11-19-20(14-16)30-24(22-5-3-13-34-22)23(29-19)21-4-2-12-33-21/h2-15H,1H3,(H,28,31). The third kappa shape index (κ3) is 4.65. The number of fused-ring (bicyclic) bond motifs is 1. The molecule has 5 rings (SSSR count). The minimum atomic E-state index is -1.09. The lowest BCUT2D eigenvalue weighted by Gasteiger charge is -2.14. The van der Waals surface area contributed by atoms with Crippen molar-refractivity contribution in [1.29, 1.82) is 0 Å². The number of hydrogen-bond donors (Lipinski definition) is 1. The van der Waals surface area contributed by atoms with Gasteiger partial charge < -0.3 is 18.9 Å². The first-order valence-electron chi connectivity index (χ1n) is 10.6. The van der Waals surface area contributed by atoms with Crippen molar-refractivity contribution < 1.29 is 27.6 Å². The van der Waals surface area contributed by atoms with E-state index in [1.54, 1.807) is 42.7 Å². The predicted octanol–water partition coefficient (Wildman–Crippen LogP) is 5.47. The summed E-state index contributed by atoms with van der Waals surface area (Å²) in [5, 5.41) is 2.57. The van der Waals surface area contributed by atoms with Crippen LogP contribution in [0, 0.1) is 5.82 Å². The molecule has 1 unspecified atom stereocenters.